The number of methoxy groups -OCH3 is 1. The first-order valence-electron chi connectivity index (χ1n) is 9.12. The van der Waals surface area contributed by atoms with Crippen molar-refractivity contribution in [3.63, 3.8) is 0 Å². The predicted molar refractivity (Wildman–Crippen MR) is 107 cm³/mol. The van der Waals surface area contributed by atoms with Crippen LogP contribution in [0.15, 0.2) is 60.0 Å². The third-order valence-corrected chi connectivity index (χ3v) is 6.40. The second-order valence-electron chi connectivity index (χ2n) is 6.43. The summed E-state index contributed by atoms with van der Waals surface area (Å²) in [6.45, 7) is 5.57. The molecule has 3 rings (SSSR count). The van der Waals surface area contributed by atoms with Crippen LogP contribution < -0.4 is 9.47 Å². The van der Waals surface area contributed by atoms with E-state index < -0.39 is 10.0 Å². The van der Waals surface area contributed by atoms with Crippen molar-refractivity contribution in [2.75, 3.05) is 33.4 Å². The second kappa shape index (κ2) is 9.23. The number of morpholine rings is 1. The molecule has 0 unspecified atom stereocenters. The molecule has 1 saturated heterocycles. The summed E-state index contributed by atoms with van der Waals surface area (Å²) in [4.78, 5) is 0.267. The van der Waals surface area contributed by atoms with Gasteiger partial charge in [0.15, 0.2) is 11.5 Å². The van der Waals surface area contributed by atoms with E-state index >= 15 is 0 Å². The molecule has 0 bridgehead atoms. The van der Waals surface area contributed by atoms with Gasteiger partial charge in [-0.15, -0.1) is 6.58 Å². The lowest BCUT2D eigenvalue weighted by atomic mass is 10.1. The predicted octanol–water partition coefficient (Wildman–Crippen LogP) is 3.02. The number of ether oxygens (including phenoxy) is 3. The Balaban J connectivity index is 1.74. The average Bonchev–Trinajstić information content (AvgIpc) is 2.73. The monoisotopic (exact) mass is 403 g/mol. The van der Waals surface area contributed by atoms with Gasteiger partial charge in [0.1, 0.15) is 6.61 Å². The fraction of sp³-hybridized carbons (Fsp3) is 0.333. The highest BCUT2D eigenvalue weighted by atomic mass is 32.2. The summed E-state index contributed by atoms with van der Waals surface area (Å²) in [7, 11) is -1.94. The van der Waals surface area contributed by atoms with Gasteiger partial charge in [-0.3, -0.25) is 0 Å². The molecule has 0 atom stereocenters. The fourth-order valence-electron chi connectivity index (χ4n) is 3.02. The van der Waals surface area contributed by atoms with Crippen molar-refractivity contribution in [1.29, 1.82) is 0 Å². The fourth-order valence-corrected chi connectivity index (χ4v) is 4.50. The lowest BCUT2D eigenvalue weighted by Gasteiger charge is -2.26. The van der Waals surface area contributed by atoms with Crippen LogP contribution in [0.3, 0.4) is 0 Å². The summed E-state index contributed by atoms with van der Waals surface area (Å²) >= 11 is 0. The van der Waals surface area contributed by atoms with Crippen molar-refractivity contribution in [2.45, 2.75) is 17.9 Å². The number of rotatable bonds is 8. The van der Waals surface area contributed by atoms with Crippen LogP contribution in [0.2, 0.25) is 0 Å². The molecule has 6 nitrogen and oxygen atoms in total. The molecule has 0 N–H and O–H groups in total. The SMILES string of the molecule is C=CCc1ccc(OCc2cccc(S(=O)(=O)N3CCOCC3)c2)c(OC)c1. The van der Waals surface area contributed by atoms with E-state index in [0.29, 0.717) is 37.8 Å². The Morgan fingerprint density at radius 1 is 1.11 bits per heavy atom. The maximum absolute atomic E-state index is 12.8. The molecule has 2 aromatic carbocycles. The van der Waals surface area contributed by atoms with Crippen LogP contribution in [0.25, 0.3) is 0 Å². The zero-order chi connectivity index (χ0) is 20.0. The minimum absolute atomic E-state index is 0.240. The number of nitrogens with zero attached hydrogens (tertiary/aromatic N) is 1. The lowest BCUT2D eigenvalue weighted by Crippen LogP contribution is -2.40. The summed E-state index contributed by atoms with van der Waals surface area (Å²) in [6, 6.07) is 12.6. The van der Waals surface area contributed by atoms with Gasteiger partial charge in [-0.1, -0.05) is 24.3 Å². The van der Waals surface area contributed by atoms with E-state index in [4.69, 9.17) is 14.2 Å². The largest absolute Gasteiger partial charge is 0.493 e. The number of hydrogen-bond donors (Lipinski definition) is 0. The molecule has 1 aliphatic rings. The molecular formula is C21H25NO5S. The van der Waals surface area contributed by atoms with Crippen LogP contribution in [0, 0.1) is 0 Å². The molecular weight excluding hydrogens is 378 g/mol. The molecule has 0 spiro atoms. The molecule has 1 aliphatic heterocycles. The van der Waals surface area contributed by atoms with E-state index in [2.05, 4.69) is 6.58 Å². The Kier molecular flexibility index (Phi) is 6.72. The molecule has 0 radical (unpaired) electrons. The lowest BCUT2D eigenvalue weighted by molar-refractivity contribution is 0.0730. The first-order valence-corrected chi connectivity index (χ1v) is 10.6. The van der Waals surface area contributed by atoms with E-state index in [9.17, 15) is 8.42 Å². The maximum atomic E-state index is 12.8. The van der Waals surface area contributed by atoms with Gasteiger partial charge in [0, 0.05) is 13.1 Å². The van der Waals surface area contributed by atoms with Crippen molar-refractivity contribution >= 4 is 10.0 Å². The Morgan fingerprint density at radius 3 is 2.61 bits per heavy atom. The Hall–Kier alpha value is -2.35. The molecule has 7 heteroatoms. The highest BCUT2D eigenvalue weighted by Gasteiger charge is 2.26. The van der Waals surface area contributed by atoms with Gasteiger partial charge in [0.05, 0.1) is 25.2 Å². The van der Waals surface area contributed by atoms with Gasteiger partial charge in [-0.25, -0.2) is 8.42 Å². The van der Waals surface area contributed by atoms with Crippen molar-refractivity contribution < 1.29 is 22.6 Å². The summed E-state index contributed by atoms with van der Waals surface area (Å²) in [6.07, 6.45) is 2.58. The molecule has 0 amide bonds. The van der Waals surface area contributed by atoms with Crippen molar-refractivity contribution in [3.05, 3.63) is 66.2 Å². The number of sulfonamides is 1. The van der Waals surface area contributed by atoms with Crippen LogP contribution in [0.4, 0.5) is 0 Å². The second-order valence-corrected chi connectivity index (χ2v) is 8.37. The van der Waals surface area contributed by atoms with E-state index in [1.165, 1.54) is 4.31 Å². The van der Waals surface area contributed by atoms with Crippen LogP contribution in [0.5, 0.6) is 11.5 Å². The Labute approximate surface area is 166 Å². The van der Waals surface area contributed by atoms with Crippen molar-refractivity contribution in [1.82, 2.24) is 4.31 Å². The smallest absolute Gasteiger partial charge is 0.243 e. The summed E-state index contributed by atoms with van der Waals surface area (Å²) in [5.74, 6) is 1.24. The van der Waals surface area contributed by atoms with Gasteiger partial charge in [0.2, 0.25) is 10.0 Å². The van der Waals surface area contributed by atoms with Gasteiger partial charge >= 0.3 is 0 Å². The Morgan fingerprint density at radius 2 is 1.89 bits per heavy atom. The van der Waals surface area contributed by atoms with Crippen LogP contribution in [0.1, 0.15) is 11.1 Å². The van der Waals surface area contributed by atoms with Gasteiger partial charge < -0.3 is 14.2 Å². The molecule has 150 valence electrons. The standard InChI is InChI=1S/C21H25NO5S/c1-3-5-17-8-9-20(21(15-17)25-2)27-16-18-6-4-7-19(14-18)28(23,24)22-10-12-26-13-11-22/h3-4,6-9,14-15H,1,5,10-13,16H2,2H3. The first kappa shape index (κ1) is 20.4. The quantitative estimate of drug-likeness (QED) is 0.634. The zero-order valence-electron chi connectivity index (χ0n) is 16.0. The van der Waals surface area contributed by atoms with E-state index in [1.807, 2.05) is 30.3 Å². The van der Waals surface area contributed by atoms with E-state index in [-0.39, 0.29) is 11.5 Å². The molecule has 0 aliphatic carbocycles. The normalized spacial score (nSPS) is 15.2. The molecule has 0 aromatic heterocycles. The molecule has 1 fully saturated rings. The van der Waals surface area contributed by atoms with Crippen molar-refractivity contribution in [2.24, 2.45) is 0 Å². The third-order valence-electron chi connectivity index (χ3n) is 4.51. The number of hydrogen-bond acceptors (Lipinski definition) is 5. The van der Waals surface area contributed by atoms with Crippen LogP contribution >= 0.6 is 0 Å². The third kappa shape index (κ3) is 4.73. The van der Waals surface area contributed by atoms with Gasteiger partial charge in [0.25, 0.3) is 0 Å². The summed E-state index contributed by atoms with van der Waals surface area (Å²) in [5.41, 5.74) is 1.85. The van der Waals surface area contributed by atoms with E-state index in [1.54, 1.807) is 25.3 Å². The average molecular weight is 404 g/mol. The number of allylic oxidation sites excluding steroid dienone is 1. The molecule has 1 heterocycles. The van der Waals surface area contributed by atoms with Gasteiger partial charge in [-0.05, 0) is 41.8 Å². The summed E-state index contributed by atoms with van der Waals surface area (Å²) < 4.78 is 43.6. The first-order chi connectivity index (χ1) is 13.5. The maximum Gasteiger partial charge on any atom is 0.243 e. The summed E-state index contributed by atoms with van der Waals surface area (Å²) in [5, 5.41) is 0. The van der Waals surface area contributed by atoms with Crippen LogP contribution in [-0.2, 0) is 27.8 Å². The number of benzene rings is 2. The Bertz CT molecular complexity index is 920. The van der Waals surface area contributed by atoms with Gasteiger partial charge in [-0.2, -0.15) is 4.31 Å². The highest BCUT2D eigenvalue weighted by molar-refractivity contribution is 7.89. The van der Waals surface area contributed by atoms with Crippen molar-refractivity contribution in [3.8, 4) is 11.5 Å². The molecule has 2 aromatic rings. The topological polar surface area (TPSA) is 65.1 Å². The minimum Gasteiger partial charge on any atom is -0.493 e. The minimum atomic E-state index is -3.53. The molecule has 0 saturated carbocycles. The van der Waals surface area contributed by atoms with Crippen LogP contribution in [-0.4, -0.2) is 46.1 Å². The molecule has 28 heavy (non-hydrogen) atoms. The zero-order valence-corrected chi connectivity index (χ0v) is 16.8. The highest BCUT2D eigenvalue weighted by Crippen LogP contribution is 2.29. The van der Waals surface area contributed by atoms with E-state index in [0.717, 1.165) is 17.5 Å².